The molecule has 1 atom stereocenters. The van der Waals surface area contributed by atoms with Crippen molar-refractivity contribution >= 4 is 55.6 Å². The summed E-state index contributed by atoms with van der Waals surface area (Å²) in [6, 6.07) is 11.0. The molecule has 1 aliphatic heterocycles. The fourth-order valence-corrected chi connectivity index (χ4v) is 6.79. The Balaban J connectivity index is 1.40. The average molecular weight is 483 g/mol. The largest absolute Gasteiger partial charge is 0.452 e. The molecule has 2 aliphatic rings. The number of carbonyl (C=O) groups is 2. The number of pyridine rings is 1. The van der Waals surface area contributed by atoms with Crippen molar-refractivity contribution in [2.75, 3.05) is 18.1 Å². The molecule has 170 valence electrons. The molecule has 33 heavy (non-hydrogen) atoms. The van der Waals surface area contributed by atoms with Crippen LogP contribution in [0.15, 0.2) is 41.8 Å². The second-order valence-electron chi connectivity index (χ2n) is 8.26. The first-order valence-electron chi connectivity index (χ1n) is 10.7. The maximum Gasteiger partial charge on any atom is 0.339 e. The second kappa shape index (κ2) is 8.72. The maximum absolute atomic E-state index is 13.1. The highest BCUT2D eigenvalue weighted by molar-refractivity contribution is 7.91. The summed E-state index contributed by atoms with van der Waals surface area (Å²) in [4.78, 5) is 31.4. The van der Waals surface area contributed by atoms with Gasteiger partial charge in [-0.15, -0.1) is 11.3 Å². The highest BCUT2D eigenvalue weighted by Gasteiger charge is 2.30. The minimum absolute atomic E-state index is 0.0637. The van der Waals surface area contributed by atoms with Gasteiger partial charge >= 0.3 is 5.97 Å². The van der Waals surface area contributed by atoms with Gasteiger partial charge in [0.1, 0.15) is 0 Å². The zero-order valence-electron chi connectivity index (χ0n) is 17.7. The summed E-state index contributed by atoms with van der Waals surface area (Å²) in [6.45, 7) is -0.460. The molecule has 1 N–H and O–H groups in total. The Bertz CT molecular complexity index is 1380. The van der Waals surface area contributed by atoms with E-state index >= 15 is 0 Å². The van der Waals surface area contributed by atoms with Crippen LogP contribution >= 0.6 is 11.3 Å². The number of aromatic nitrogens is 1. The van der Waals surface area contributed by atoms with Crippen LogP contribution in [0, 0.1) is 0 Å². The van der Waals surface area contributed by atoms with Gasteiger partial charge in [0.25, 0.3) is 5.91 Å². The molecule has 1 saturated heterocycles. The Morgan fingerprint density at radius 3 is 2.79 bits per heavy atom. The first-order chi connectivity index (χ1) is 15.9. The third-order valence-electron chi connectivity index (χ3n) is 5.94. The number of allylic oxidation sites excluding steroid dienone is 1. The van der Waals surface area contributed by atoms with Crippen molar-refractivity contribution in [1.82, 2.24) is 10.3 Å². The molecule has 1 fully saturated rings. The number of rotatable bonds is 5. The summed E-state index contributed by atoms with van der Waals surface area (Å²) in [5.41, 5.74) is 3.86. The molecular formula is C24H22N2O5S2. The summed E-state index contributed by atoms with van der Waals surface area (Å²) < 4.78 is 28.6. The van der Waals surface area contributed by atoms with Gasteiger partial charge in [0, 0.05) is 16.3 Å². The van der Waals surface area contributed by atoms with Gasteiger partial charge in [0.2, 0.25) is 0 Å². The highest BCUT2D eigenvalue weighted by atomic mass is 32.2. The van der Waals surface area contributed by atoms with Crippen molar-refractivity contribution < 1.29 is 22.7 Å². The van der Waals surface area contributed by atoms with Gasteiger partial charge in [0.15, 0.2) is 16.4 Å². The molecule has 0 bridgehead atoms. The van der Waals surface area contributed by atoms with Crippen molar-refractivity contribution in [3.8, 4) is 0 Å². The van der Waals surface area contributed by atoms with Crippen molar-refractivity contribution in [2.45, 2.75) is 25.3 Å². The fraction of sp³-hybridized carbons (Fsp3) is 0.292. The first kappa shape index (κ1) is 21.8. The standard InChI is InChI=1S/C24H22N2O5S2/c27-21(25-16-9-11-33(29,30)14-16)13-31-24(28)22-18-5-1-2-6-20(18)26-23-15(7-8-19(22)23)12-17-4-3-10-32-17/h1-6,10,12,16H,7-9,11,13-14H2,(H,25,27). The second-order valence-corrected chi connectivity index (χ2v) is 11.5. The smallest absolute Gasteiger partial charge is 0.339 e. The topological polar surface area (TPSA) is 102 Å². The summed E-state index contributed by atoms with van der Waals surface area (Å²) in [6.07, 6.45) is 3.93. The minimum atomic E-state index is -3.10. The van der Waals surface area contributed by atoms with Crippen LogP contribution < -0.4 is 5.32 Å². The Labute approximate surface area is 195 Å². The van der Waals surface area contributed by atoms with Crippen LogP contribution in [0.4, 0.5) is 0 Å². The lowest BCUT2D eigenvalue weighted by Crippen LogP contribution is -2.38. The lowest BCUT2D eigenvalue weighted by Gasteiger charge is -2.14. The number of thiophene rings is 1. The van der Waals surface area contributed by atoms with Gasteiger partial charge in [0.05, 0.1) is 28.3 Å². The molecule has 3 heterocycles. The monoisotopic (exact) mass is 482 g/mol. The highest BCUT2D eigenvalue weighted by Crippen LogP contribution is 2.38. The molecular weight excluding hydrogens is 460 g/mol. The number of carbonyl (C=O) groups excluding carboxylic acids is 2. The number of hydrogen-bond acceptors (Lipinski definition) is 7. The van der Waals surface area contributed by atoms with E-state index in [2.05, 4.69) is 11.4 Å². The first-order valence-corrected chi connectivity index (χ1v) is 13.4. The van der Waals surface area contributed by atoms with Gasteiger partial charge in [-0.25, -0.2) is 18.2 Å². The molecule has 1 unspecified atom stereocenters. The van der Waals surface area contributed by atoms with Crippen LogP contribution in [-0.2, 0) is 25.8 Å². The van der Waals surface area contributed by atoms with Crippen LogP contribution in [0.3, 0.4) is 0 Å². The van der Waals surface area contributed by atoms with E-state index in [0.717, 1.165) is 28.1 Å². The van der Waals surface area contributed by atoms with Crippen molar-refractivity contribution in [3.63, 3.8) is 0 Å². The number of para-hydroxylation sites is 1. The number of benzene rings is 1. The quantitative estimate of drug-likeness (QED) is 0.560. The zero-order chi connectivity index (χ0) is 23.0. The van der Waals surface area contributed by atoms with E-state index in [4.69, 9.17) is 9.72 Å². The van der Waals surface area contributed by atoms with Crippen molar-refractivity contribution in [2.24, 2.45) is 0 Å². The minimum Gasteiger partial charge on any atom is -0.452 e. The fourth-order valence-electron chi connectivity index (χ4n) is 4.44. The van der Waals surface area contributed by atoms with Gasteiger partial charge in [-0.2, -0.15) is 0 Å². The summed E-state index contributed by atoms with van der Waals surface area (Å²) in [5.74, 6) is -1.09. The molecule has 0 spiro atoms. The van der Waals surface area contributed by atoms with Crippen molar-refractivity contribution in [1.29, 1.82) is 0 Å². The number of fused-ring (bicyclic) bond motifs is 2. The molecule has 5 rings (SSSR count). The normalized spacial score (nSPS) is 20.1. The van der Waals surface area contributed by atoms with E-state index in [1.807, 2.05) is 41.8 Å². The van der Waals surface area contributed by atoms with E-state index in [-0.39, 0.29) is 11.5 Å². The van der Waals surface area contributed by atoms with Crippen LogP contribution in [0.5, 0.6) is 0 Å². The molecule has 7 nitrogen and oxygen atoms in total. The lowest BCUT2D eigenvalue weighted by molar-refractivity contribution is -0.124. The average Bonchev–Trinajstić information content (AvgIpc) is 3.52. The molecule has 1 amide bonds. The molecule has 1 aromatic carbocycles. The van der Waals surface area contributed by atoms with Crippen LogP contribution in [0.2, 0.25) is 0 Å². The zero-order valence-corrected chi connectivity index (χ0v) is 19.4. The Morgan fingerprint density at radius 2 is 2.03 bits per heavy atom. The number of nitrogens with zero attached hydrogens (tertiary/aromatic N) is 1. The lowest BCUT2D eigenvalue weighted by atomic mass is 10.0. The van der Waals surface area contributed by atoms with Crippen LogP contribution in [0.1, 0.15) is 39.3 Å². The third-order valence-corrected chi connectivity index (χ3v) is 8.52. The predicted molar refractivity (Wildman–Crippen MR) is 128 cm³/mol. The van der Waals surface area contributed by atoms with E-state index in [1.165, 1.54) is 0 Å². The SMILES string of the molecule is O=C(COC(=O)c1c2c(nc3ccccc13)C(=Cc1cccs1)CC2)NC1CCS(=O)(=O)C1. The van der Waals surface area contributed by atoms with Gasteiger partial charge < -0.3 is 10.1 Å². The maximum atomic E-state index is 13.1. The van der Waals surface area contributed by atoms with E-state index in [0.29, 0.717) is 29.3 Å². The molecule has 9 heteroatoms. The molecule has 0 radical (unpaired) electrons. The summed E-state index contributed by atoms with van der Waals surface area (Å²) in [7, 11) is -3.10. The molecule has 3 aromatic rings. The van der Waals surface area contributed by atoms with Gasteiger partial charge in [-0.1, -0.05) is 24.3 Å². The predicted octanol–water partition coefficient (Wildman–Crippen LogP) is 3.24. The summed E-state index contributed by atoms with van der Waals surface area (Å²) >= 11 is 1.64. The Kier molecular flexibility index (Phi) is 5.76. The Hall–Kier alpha value is -3.04. The number of nitrogens with one attached hydrogen (secondary N) is 1. The van der Waals surface area contributed by atoms with E-state index < -0.39 is 34.4 Å². The number of ether oxygens (including phenoxy) is 1. The van der Waals surface area contributed by atoms with Gasteiger partial charge in [-0.3, -0.25) is 4.79 Å². The van der Waals surface area contributed by atoms with Crippen LogP contribution in [0.25, 0.3) is 22.6 Å². The summed E-state index contributed by atoms with van der Waals surface area (Å²) in [5, 5.41) is 5.36. The van der Waals surface area contributed by atoms with Crippen LogP contribution in [-0.4, -0.2) is 49.4 Å². The molecule has 1 aliphatic carbocycles. The third kappa shape index (κ3) is 4.56. The van der Waals surface area contributed by atoms with E-state index in [1.54, 1.807) is 11.3 Å². The number of esters is 1. The number of hydrogen-bond donors (Lipinski definition) is 1. The van der Waals surface area contributed by atoms with Crippen molar-refractivity contribution in [3.05, 3.63) is 63.5 Å². The number of sulfone groups is 1. The van der Waals surface area contributed by atoms with E-state index in [9.17, 15) is 18.0 Å². The molecule has 2 aromatic heterocycles. The van der Waals surface area contributed by atoms with Gasteiger partial charge in [-0.05, 0) is 54.0 Å². The molecule has 0 saturated carbocycles. The number of amides is 1. The Morgan fingerprint density at radius 1 is 1.18 bits per heavy atom.